The molecule has 1 aliphatic rings. The SMILES string of the molecule is C[Si](C)(B1OCCO1)c1ccccc1. The quantitative estimate of drug-likeness (QED) is 0.677. The third-order valence-electron chi connectivity index (χ3n) is 2.73. The predicted octanol–water partition coefficient (Wildman–Crippen LogP) is 1.22. The molecule has 1 aromatic carbocycles. The molecule has 1 heterocycles. The van der Waals surface area contributed by atoms with Gasteiger partial charge in [0.2, 0.25) is 0 Å². The van der Waals surface area contributed by atoms with Gasteiger partial charge >= 0.3 is 6.71 Å². The van der Waals surface area contributed by atoms with Crippen LogP contribution >= 0.6 is 0 Å². The molecule has 0 bridgehead atoms. The molecule has 0 atom stereocenters. The second-order valence-electron chi connectivity index (χ2n) is 4.16. The Kier molecular flexibility index (Phi) is 2.76. The van der Waals surface area contributed by atoms with Crippen LogP contribution in [-0.2, 0) is 9.31 Å². The van der Waals surface area contributed by atoms with Gasteiger partial charge in [0.1, 0.15) is 7.94 Å². The Labute approximate surface area is 86.3 Å². The van der Waals surface area contributed by atoms with Gasteiger partial charge in [0.25, 0.3) is 0 Å². The van der Waals surface area contributed by atoms with Crippen molar-refractivity contribution >= 4 is 19.8 Å². The molecule has 0 unspecified atom stereocenters. The first-order valence-corrected chi connectivity index (χ1v) is 8.08. The molecule has 1 aliphatic heterocycles. The van der Waals surface area contributed by atoms with Gasteiger partial charge in [-0.15, -0.1) is 0 Å². The minimum absolute atomic E-state index is 0.0323. The van der Waals surface area contributed by atoms with Crippen molar-refractivity contribution in [1.29, 1.82) is 0 Å². The number of rotatable bonds is 2. The van der Waals surface area contributed by atoms with Crippen LogP contribution in [0.3, 0.4) is 0 Å². The highest BCUT2D eigenvalue weighted by atomic mass is 28.3. The summed E-state index contributed by atoms with van der Waals surface area (Å²) in [6.07, 6.45) is 0. The lowest BCUT2D eigenvalue weighted by molar-refractivity contribution is 0.365. The van der Waals surface area contributed by atoms with Crippen LogP contribution in [0.4, 0.5) is 0 Å². The van der Waals surface area contributed by atoms with E-state index in [4.69, 9.17) is 9.31 Å². The lowest BCUT2D eigenvalue weighted by Gasteiger charge is -2.24. The van der Waals surface area contributed by atoms with E-state index in [0.717, 1.165) is 13.2 Å². The summed E-state index contributed by atoms with van der Waals surface area (Å²) in [7, 11) is -1.59. The monoisotopic (exact) mass is 206 g/mol. The predicted molar refractivity (Wildman–Crippen MR) is 61.2 cm³/mol. The van der Waals surface area contributed by atoms with Crippen LogP contribution < -0.4 is 5.19 Å². The lowest BCUT2D eigenvalue weighted by atomic mass is 10.3. The minimum atomic E-state index is -1.59. The van der Waals surface area contributed by atoms with Gasteiger partial charge in [-0.2, -0.15) is 0 Å². The van der Waals surface area contributed by atoms with E-state index in [-0.39, 0.29) is 6.71 Å². The maximum Gasteiger partial charge on any atom is 0.437 e. The first kappa shape index (κ1) is 9.96. The Morgan fingerprint density at radius 2 is 1.64 bits per heavy atom. The van der Waals surface area contributed by atoms with Gasteiger partial charge in [-0.25, -0.2) is 0 Å². The van der Waals surface area contributed by atoms with Crippen molar-refractivity contribution in [3.63, 3.8) is 0 Å². The van der Waals surface area contributed by atoms with Crippen LogP contribution in [0, 0.1) is 0 Å². The van der Waals surface area contributed by atoms with Gasteiger partial charge in [-0.3, -0.25) is 0 Å². The molecule has 0 amide bonds. The van der Waals surface area contributed by atoms with Gasteiger partial charge in [0.05, 0.1) is 13.2 Å². The zero-order chi connectivity index (χ0) is 10.0. The molecule has 0 aromatic heterocycles. The fraction of sp³-hybridized carbons (Fsp3) is 0.400. The summed E-state index contributed by atoms with van der Waals surface area (Å²) in [6, 6.07) is 10.6. The van der Waals surface area contributed by atoms with E-state index in [1.807, 2.05) is 6.07 Å². The molecule has 4 heteroatoms. The van der Waals surface area contributed by atoms with Gasteiger partial charge < -0.3 is 9.31 Å². The molecule has 2 rings (SSSR count). The first-order chi connectivity index (χ1) is 6.71. The van der Waals surface area contributed by atoms with Crippen LogP contribution in [-0.4, -0.2) is 27.9 Å². The molecule has 0 aliphatic carbocycles. The zero-order valence-electron chi connectivity index (χ0n) is 8.69. The summed E-state index contributed by atoms with van der Waals surface area (Å²) in [6.45, 7) is 6.10. The highest BCUT2D eigenvalue weighted by Gasteiger charge is 2.43. The van der Waals surface area contributed by atoms with E-state index in [0.29, 0.717) is 0 Å². The van der Waals surface area contributed by atoms with Crippen molar-refractivity contribution < 1.29 is 9.31 Å². The van der Waals surface area contributed by atoms with E-state index in [9.17, 15) is 0 Å². The summed E-state index contributed by atoms with van der Waals surface area (Å²) in [5.41, 5.74) is 0. The van der Waals surface area contributed by atoms with Gasteiger partial charge in [-0.1, -0.05) is 48.6 Å². The molecule has 0 N–H and O–H groups in total. The van der Waals surface area contributed by atoms with E-state index in [1.54, 1.807) is 0 Å². The van der Waals surface area contributed by atoms with Crippen LogP contribution in [0.2, 0.25) is 13.1 Å². The minimum Gasteiger partial charge on any atom is -0.411 e. The van der Waals surface area contributed by atoms with Crippen LogP contribution in [0.5, 0.6) is 0 Å². The van der Waals surface area contributed by atoms with Crippen LogP contribution in [0.15, 0.2) is 30.3 Å². The normalized spacial score (nSPS) is 17.4. The summed E-state index contributed by atoms with van der Waals surface area (Å²) >= 11 is 0. The average molecular weight is 206 g/mol. The molecule has 1 saturated heterocycles. The third-order valence-corrected chi connectivity index (χ3v) is 6.06. The summed E-state index contributed by atoms with van der Waals surface area (Å²) in [4.78, 5) is 0. The van der Waals surface area contributed by atoms with E-state index in [1.165, 1.54) is 5.19 Å². The number of benzene rings is 1. The van der Waals surface area contributed by atoms with Crippen molar-refractivity contribution in [1.82, 2.24) is 0 Å². The molecule has 0 saturated carbocycles. The first-order valence-electron chi connectivity index (χ1n) is 5.00. The highest BCUT2D eigenvalue weighted by molar-refractivity contribution is 7.33. The fourth-order valence-electron chi connectivity index (χ4n) is 1.78. The second kappa shape index (κ2) is 3.89. The van der Waals surface area contributed by atoms with Gasteiger partial charge in [-0.05, 0) is 0 Å². The smallest absolute Gasteiger partial charge is 0.411 e. The fourth-order valence-corrected chi connectivity index (χ4v) is 4.17. The summed E-state index contributed by atoms with van der Waals surface area (Å²) in [5, 5.41) is 1.40. The Morgan fingerprint density at radius 1 is 1.07 bits per heavy atom. The van der Waals surface area contributed by atoms with Crippen molar-refractivity contribution in [2.24, 2.45) is 0 Å². The maximum atomic E-state index is 5.61. The Morgan fingerprint density at radius 3 is 2.21 bits per heavy atom. The molecule has 1 aromatic rings. The number of hydrogen-bond acceptors (Lipinski definition) is 2. The molecular formula is C10H15BO2Si. The van der Waals surface area contributed by atoms with Gasteiger partial charge in [0, 0.05) is 0 Å². The third kappa shape index (κ3) is 1.78. The highest BCUT2D eigenvalue weighted by Crippen LogP contribution is 2.13. The maximum absolute atomic E-state index is 5.61. The molecule has 14 heavy (non-hydrogen) atoms. The molecule has 74 valence electrons. The Bertz CT molecular complexity index is 296. The topological polar surface area (TPSA) is 18.5 Å². The second-order valence-corrected chi connectivity index (χ2v) is 8.65. The molecular weight excluding hydrogens is 191 g/mol. The molecule has 2 nitrogen and oxygen atoms in total. The van der Waals surface area contributed by atoms with Crippen molar-refractivity contribution in [3.05, 3.63) is 30.3 Å². The zero-order valence-corrected chi connectivity index (χ0v) is 9.69. The summed E-state index contributed by atoms with van der Waals surface area (Å²) < 4.78 is 11.2. The molecule has 1 fully saturated rings. The van der Waals surface area contributed by atoms with E-state index in [2.05, 4.69) is 37.4 Å². The van der Waals surface area contributed by atoms with Crippen LogP contribution in [0.25, 0.3) is 0 Å². The molecule has 0 spiro atoms. The summed E-state index contributed by atoms with van der Waals surface area (Å²) in [5.74, 6) is 0. The van der Waals surface area contributed by atoms with Crippen LogP contribution in [0.1, 0.15) is 0 Å². The van der Waals surface area contributed by atoms with Crippen molar-refractivity contribution in [2.45, 2.75) is 13.1 Å². The Balaban J connectivity index is 2.22. The average Bonchev–Trinajstić information content (AvgIpc) is 2.72. The number of hydrogen-bond donors (Lipinski definition) is 0. The van der Waals surface area contributed by atoms with E-state index >= 15 is 0 Å². The van der Waals surface area contributed by atoms with Crippen molar-refractivity contribution in [3.8, 4) is 0 Å². The molecule has 0 radical (unpaired) electrons. The lowest BCUT2D eigenvalue weighted by Crippen LogP contribution is -2.56. The Hall–Kier alpha value is -0.578. The van der Waals surface area contributed by atoms with Crippen molar-refractivity contribution in [2.75, 3.05) is 13.2 Å². The van der Waals surface area contributed by atoms with E-state index < -0.39 is 7.94 Å². The largest absolute Gasteiger partial charge is 0.437 e. The standard InChI is InChI=1S/C10H15BO2Si/c1-14(2,11-12-8-9-13-11)10-6-4-3-5-7-10/h3-7H,8-9H2,1-2H3. The van der Waals surface area contributed by atoms with Gasteiger partial charge in [0.15, 0.2) is 0 Å².